The van der Waals surface area contributed by atoms with E-state index in [2.05, 4.69) is 26.0 Å². The molecule has 0 atom stereocenters. The van der Waals surface area contributed by atoms with Crippen molar-refractivity contribution in [2.24, 2.45) is 5.10 Å². The van der Waals surface area contributed by atoms with Gasteiger partial charge in [0.15, 0.2) is 0 Å². The van der Waals surface area contributed by atoms with Crippen LogP contribution < -0.4 is 10.3 Å². The molecule has 1 aromatic heterocycles. The van der Waals surface area contributed by atoms with Crippen LogP contribution in [0.3, 0.4) is 0 Å². The quantitative estimate of drug-likeness (QED) is 0.277. The van der Waals surface area contributed by atoms with Gasteiger partial charge in [0.05, 0.1) is 17.1 Å². The van der Waals surface area contributed by atoms with E-state index in [0.717, 1.165) is 27.8 Å². The zero-order valence-corrected chi connectivity index (χ0v) is 19.8. The second kappa shape index (κ2) is 10.1. The Hall–Kier alpha value is -2.96. The molecule has 0 aliphatic carbocycles. The Morgan fingerprint density at radius 2 is 1.91 bits per heavy atom. The molecule has 0 amide bonds. The Bertz CT molecular complexity index is 1330. The highest BCUT2D eigenvalue weighted by molar-refractivity contribution is 9.10. The second-order valence-electron chi connectivity index (χ2n) is 7.25. The van der Waals surface area contributed by atoms with E-state index >= 15 is 0 Å². The fourth-order valence-electron chi connectivity index (χ4n) is 3.25. The Morgan fingerprint density at radius 3 is 2.66 bits per heavy atom. The first-order valence-electron chi connectivity index (χ1n) is 10.3. The Kier molecular flexibility index (Phi) is 7.02. The van der Waals surface area contributed by atoms with Crippen molar-refractivity contribution in [3.8, 4) is 5.75 Å². The molecule has 0 radical (unpaired) electrons. The van der Waals surface area contributed by atoms with Gasteiger partial charge in [0.1, 0.15) is 18.2 Å². The van der Waals surface area contributed by atoms with E-state index in [1.807, 2.05) is 67.6 Å². The van der Waals surface area contributed by atoms with Crippen LogP contribution >= 0.6 is 27.5 Å². The average Bonchev–Trinajstić information content (AvgIpc) is 2.80. The summed E-state index contributed by atoms with van der Waals surface area (Å²) in [6.45, 7) is 2.44. The van der Waals surface area contributed by atoms with Crippen molar-refractivity contribution in [3.63, 3.8) is 0 Å². The first-order valence-corrected chi connectivity index (χ1v) is 11.4. The molecule has 0 saturated carbocycles. The summed E-state index contributed by atoms with van der Waals surface area (Å²) in [6.07, 6.45) is 3.18. The molecule has 0 fully saturated rings. The van der Waals surface area contributed by atoms with Crippen LogP contribution in [0.4, 0.5) is 0 Å². The lowest BCUT2D eigenvalue weighted by Gasteiger charge is -2.09. The molecule has 0 aliphatic rings. The van der Waals surface area contributed by atoms with Gasteiger partial charge in [-0.05, 0) is 60.5 Å². The summed E-state index contributed by atoms with van der Waals surface area (Å²) in [5, 5.41) is 5.66. The summed E-state index contributed by atoms with van der Waals surface area (Å²) in [6, 6.07) is 20.6. The molecule has 4 rings (SSSR count). The topological polar surface area (TPSA) is 56.5 Å². The highest BCUT2D eigenvalue weighted by atomic mass is 79.9. The lowest BCUT2D eigenvalue weighted by atomic mass is 10.2. The second-order valence-corrected chi connectivity index (χ2v) is 8.57. The molecule has 4 aromatic rings. The van der Waals surface area contributed by atoms with Gasteiger partial charge >= 0.3 is 0 Å². The van der Waals surface area contributed by atoms with Crippen LogP contribution in [-0.4, -0.2) is 15.9 Å². The van der Waals surface area contributed by atoms with E-state index in [1.54, 1.807) is 12.3 Å². The van der Waals surface area contributed by atoms with Crippen LogP contribution in [0.1, 0.15) is 30.3 Å². The number of hydrogen-bond donors (Lipinski definition) is 0. The van der Waals surface area contributed by atoms with Gasteiger partial charge in [0.25, 0.3) is 5.56 Å². The summed E-state index contributed by atoms with van der Waals surface area (Å²) < 4.78 is 8.04. The SMILES string of the molecule is CCCc1nc2ccc(Br)cc2c(=O)n1N=Cc1ccc(OCc2ccccc2Cl)cc1. The van der Waals surface area contributed by atoms with Crippen LogP contribution in [0.15, 0.2) is 81.1 Å². The Morgan fingerprint density at radius 1 is 1.12 bits per heavy atom. The lowest BCUT2D eigenvalue weighted by Crippen LogP contribution is -2.22. The minimum atomic E-state index is -0.185. The van der Waals surface area contributed by atoms with E-state index in [1.165, 1.54) is 4.68 Å². The zero-order valence-electron chi connectivity index (χ0n) is 17.5. The van der Waals surface area contributed by atoms with Gasteiger partial charge in [-0.25, -0.2) is 4.98 Å². The maximum Gasteiger partial charge on any atom is 0.282 e. The summed E-state index contributed by atoms with van der Waals surface area (Å²) in [5.41, 5.74) is 2.26. The Labute approximate surface area is 199 Å². The molecule has 7 heteroatoms. The summed E-state index contributed by atoms with van der Waals surface area (Å²) in [4.78, 5) is 17.7. The minimum Gasteiger partial charge on any atom is -0.489 e. The molecule has 0 aliphatic heterocycles. The van der Waals surface area contributed by atoms with Gasteiger partial charge in [0.2, 0.25) is 0 Å². The van der Waals surface area contributed by atoms with Gasteiger partial charge < -0.3 is 4.74 Å². The van der Waals surface area contributed by atoms with Crippen molar-refractivity contribution in [2.45, 2.75) is 26.4 Å². The van der Waals surface area contributed by atoms with Crippen LogP contribution in [0.5, 0.6) is 5.75 Å². The van der Waals surface area contributed by atoms with Crippen molar-refractivity contribution < 1.29 is 4.74 Å². The van der Waals surface area contributed by atoms with Gasteiger partial charge in [-0.3, -0.25) is 4.79 Å². The van der Waals surface area contributed by atoms with Gasteiger partial charge in [-0.2, -0.15) is 9.78 Å². The number of nitrogens with zero attached hydrogens (tertiary/aromatic N) is 3. The van der Waals surface area contributed by atoms with E-state index in [4.69, 9.17) is 16.3 Å². The number of ether oxygens (including phenoxy) is 1. The molecule has 0 saturated heterocycles. The molecule has 0 unspecified atom stereocenters. The highest BCUT2D eigenvalue weighted by Crippen LogP contribution is 2.19. The summed E-state index contributed by atoms with van der Waals surface area (Å²) >= 11 is 9.60. The number of fused-ring (bicyclic) bond motifs is 1. The van der Waals surface area contributed by atoms with E-state index in [-0.39, 0.29) is 5.56 Å². The Balaban J connectivity index is 1.56. The first-order chi connectivity index (χ1) is 15.5. The molecule has 1 heterocycles. The number of aryl methyl sites for hydroxylation is 1. The van der Waals surface area contributed by atoms with E-state index < -0.39 is 0 Å². The van der Waals surface area contributed by atoms with Gasteiger partial charge in [0, 0.05) is 21.5 Å². The van der Waals surface area contributed by atoms with Crippen LogP contribution in [0, 0.1) is 0 Å². The third-order valence-corrected chi connectivity index (χ3v) is 5.77. The summed E-state index contributed by atoms with van der Waals surface area (Å²) in [7, 11) is 0. The molecule has 5 nitrogen and oxygen atoms in total. The number of aromatic nitrogens is 2. The van der Waals surface area contributed by atoms with Gasteiger partial charge in [-0.15, -0.1) is 0 Å². The minimum absolute atomic E-state index is 0.185. The molecular formula is C25H21BrClN3O2. The average molecular weight is 511 g/mol. The summed E-state index contributed by atoms with van der Waals surface area (Å²) in [5.74, 6) is 1.37. The predicted molar refractivity (Wildman–Crippen MR) is 133 cm³/mol. The molecule has 0 bridgehead atoms. The molecule has 0 N–H and O–H groups in total. The maximum atomic E-state index is 13.1. The smallest absolute Gasteiger partial charge is 0.282 e. The predicted octanol–water partition coefficient (Wildman–Crippen LogP) is 6.23. The number of benzene rings is 3. The van der Waals surface area contributed by atoms with Crippen LogP contribution in [0.25, 0.3) is 10.9 Å². The fourth-order valence-corrected chi connectivity index (χ4v) is 3.80. The molecule has 3 aromatic carbocycles. The standard InChI is InChI=1S/C25H21BrClN3O2/c1-2-5-24-29-23-13-10-19(26)14-21(23)25(31)30(24)28-15-17-8-11-20(12-9-17)32-16-18-6-3-4-7-22(18)27/h3-4,6-15H,2,5,16H2,1H3. The number of halogens is 2. The molecular weight excluding hydrogens is 490 g/mol. The van der Waals surface area contributed by atoms with Crippen molar-refractivity contribution in [2.75, 3.05) is 0 Å². The van der Waals surface area contributed by atoms with Gasteiger partial charge in [-0.1, -0.05) is 52.7 Å². The van der Waals surface area contributed by atoms with E-state index in [9.17, 15) is 4.79 Å². The van der Waals surface area contributed by atoms with Crippen molar-refractivity contribution in [1.29, 1.82) is 0 Å². The monoisotopic (exact) mass is 509 g/mol. The maximum absolute atomic E-state index is 13.1. The van der Waals surface area contributed by atoms with Crippen LogP contribution in [0.2, 0.25) is 5.02 Å². The van der Waals surface area contributed by atoms with Crippen LogP contribution in [-0.2, 0) is 13.0 Å². The third-order valence-electron chi connectivity index (χ3n) is 4.90. The normalized spacial score (nSPS) is 11.3. The number of rotatable bonds is 7. The van der Waals surface area contributed by atoms with Crippen molar-refractivity contribution >= 4 is 44.6 Å². The molecule has 162 valence electrons. The van der Waals surface area contributed by atoms with Crippen molar-refractivity contribution in [3.05, 3.63) is 104 Å². The lowest BCUT2D eigenvalue weighted by molar-refractivity contribution is 0.306. The van der Waals surface area contributed by atoms with Crippen molar-refractivity contribution in [1.82, 2.24) is 9.66 Å². The number of hydrogen-bond acceptors (Lipinski definition) is 4. The fraction of sp³-hybridized carbons (Fsp3) is 0.160. The first kappa shape index (κ1) is 22.2. The zero-order chi connectivity index (χ0) is 22.5. The largest absolute Gasteiger partial charge is 0.489 e. The third kappa shape index (κ3) is 5.09. The molecule has 32 heavy (non-hydrogen) atoms. The highest BCUT2D eigenvalue weighted by Gasteiger charge is 2.10. The van der Waals surface area contributed by atoms with E-state index in [0.29, 0.717) is 34.8 Å². The molecule has 0 spiro atoms.